The Morgan fingerprint density at radius 1 is 1.10 bits per heavy atom. The van der Waals surface area contributed by atoms with Crippen LogP contribution >= 0.6 is 0 Å². The van der Waals surface area contributed by atoms with Gasteiger partial charge in [0, 0.05) is 17.2 Å². The van der Waals surface area contributed by atoms with Crippen LogP contribution in [0.3, 0.4) is 0 Å². The average Bonchev–Trinajstić information content (AvgIpc) is 3.51. The molecule has 0 aromatic carbocycles. The van der Waals surface area contributed by atoms with Crippen LogP contribution in [0.25, 0.3) is 0 Å². The molecule has 0 amide bonds. The third-order valence-corrected chi connectivity index (χ3v) is 16.2. The normalized spacial score (nSPS) is 43.4. The van der Waals surface area contributed by atoms with Crippen molar-refractivity contribution in [3.05, 3.63) is 29.6 Å². The van der Waals surface area contributed by atoms with Crippen molar-refractivity contribution in [2.75, 3.05) is 19.8 Å². The van der Waals surface area contributed by atoms with Gasteiger partial charge in [0.2, 0.25) is 0 Å². The SMILES string of the molecule is CC(C)[C@@H](C)[C@@]1(C)CC[C@]2(C)[C@H]3CC[C@@H]4[C@@]5(C)COC[C@@]4(C3=CC[C@@]2(C)[C@@H]1C(=O)O)[C@@H](OC[C@](C)(N)C(C)C)[C@H](n1nccc1C(F)(F)F)C5. The smallest absolute Gasteiger partial charge is 0.433 e. The van der Waals surface area contributed by atoms with Crippen molar-refractivity contribution in [3.8, 4) is 0 Å². The molecule has 3 N–H and O–H groups in total. The van der Waals surface area contributed by atoms with Gasteiger partial charge < -0.3 is 20.3 Å². The molecule has 50 heavy (non-hydrogen) atoms. The van der Waals surface area contributed by atoms with Gasteiger partial charge in [-0.15, -0.1) is 0 Å². The Bertz CT molecular complexity index is 1500. The number of rotatable bonds is 8. The highest BCUT2D eigenvalue weighted by atomic mass is 19.4. The van der Waals surface area contributed by atoms with Crippen LogP contribution in [0.4, 0.5) is 13.2 Å². The Morgan fingerprint density at radius 3 is 2.38 bits per heavy atom. The quantitative estimate of drug-likeness (QED) is 0.263. The molecule has 7 nitrogen and oxygen atoms in total. The lowest BCUT2D eigenvalue weighted by atomic mass is 9.34. The van der Waals surface area contributed by atoms with Gasteiger partial charge in [0.25, 0.3) is 0 Å². The molecule has 4 fully saturated rings. The fourth-order valence-corrected chi connectivity index (χ4v) is 12.3. The third-order valence-electron chi connectivity index (χ3n) is 16.2. The number of alkyl halides is 3. The molecule has 1 saturated heterocycles. The fourth-order valence-electron chi connectivity index (χ4n) is 12.3. The number of allylic oxidation sites excluding steroid dienone is 1. The summed E-state index contributed by atoms with van der Waals surface area (Å²) in [5.74, 6) is -0.457. The Labute approximate surface area is 297 Å². The van der Waals surface area contributed by atoms with E-state index in [0.29, 0.717) is 32.0 Å². The van der Waals surface area contributed by atoms with Gasteiger partial charge in [-0.05, 0) is 103 Å². The van der Waals surface area contributed by atoms with Gasteiger partial charge in [-0.1, -0.05) is 74.0 Å². The van der Waals surface area contributed by atoms with E-state index in [9.17, 15) is 23.1 Å². The third kappa shape index (κ3) is 5.21. The second-order valence-corrected chi connectivity index (χ2v) is 19.2. The first-order valence-corrected chi connectivity index (χ1v) is 19.0. The number of aromatic nitrogens is 2. The van der Waals surface area contributed by atoms with Crippen molar-refractivity contribution < 1.29 is 32.5 Å². The van der Waals surface area contributed by atoms with Crippen LogP contribution in [0.2, 0.25) is 0 Å². The Morgan fingerprint density at radius 2 is 1.78 bits per heavy atom. The van der Waals surface area contributed by atoms with Crippen molar-refractivity contribution in [1.82, 2.24) is 9.78 Å². The molecule has 5 aliphatic rings. The first kappa shape index (κ1) is 37.8. The molecule has 3 saturated carbocycles. The van der Waals surface area contributed by atoms with Gasteiger partial charge in [-0.3, -0.25) is 9.48 Å². The van der Waals surface area contributed by atoms with E-state index in [1.54, 1.807) is 0 Å². The average molecular weight is 706 g/mol. The fraction of sp³-hybridized carbons (Fsp3) is 0.850. The predicted molar refractivity (Wildman–Crippen MR) is 187 cm³/mol. The van der Waals surface area contributed by atoms with Crippen molar-refractivity contribution in [2.24, 2.45) is 68.3 Å². The molecule has 10 heteroatoms. The highest BCUT2D eigenvalue weighted by Crippen LogP contribution is 2.75. The van der Waals surface area contributed by atoms with Crippen LogP contribution in [0.1, 0.15) is 119 Å². The topological polar surface area (TPSA) is 99.6 Å². The van der Waals surface area contributed by atoms with E-state index in [4.69, 9.17) is 15.2 Å². The Balaban J connectivity index is 1.54. The van der Waals surface area contributed by atoms with Gasteiger partial charge in [0.05, 0.1) is 37.9 Å². The minimum absolute atomic E-state index is 0.0446. The van der Waals surface area contributed by atoms with Crippen LogP contribution in [0, 0.1) is 62.6 Å². The van der Waals surface area contributed by atoms with Gasteiger partial charge >= 0.3 is 12.1 Å². The highest BCUT2D eigenvalue weighted by Gasteiger charge is 2.73. The second kappa shape index (κ2) is 12.1. The van der Waals surface area contributed by atoms with Crippen LogP contribution in [0.15, 0.2) is 23.9 Å². The van der Waals surface area contributed by atoms with Crippen LogP contribution in [0.5, 0.6) is 0 Å². The molecule has 0 spiro atoms. The number of nitrogens with zero attached hydrogens (tertiary/aromatic N) is 2. The van der Waals surface area contributed by atoms with E-state index >= 15 is 0 Å². The molecule has 0 unspecified atom stereocenters. The number of carbonyl (C=O) groups is 1. The molecule has 282 valence electrons. The Hall–Kier alpha value is -1.91. The zero-order chi connectivity index (χ0) is 37.0. The monoisotopic (exact) mass is 705 g/mol. The maximum atomic E-state index is 14.6. The zero-order valence-electron chi connectivity index (χ0n) is 32.0. The van der Waals surface area contributed by atoms with E-state index in [2.05, 4.69) is 59.6 Å². The summed E-state index contributed by atoms with van der Waals surface area (Å²) < 4.78 is 58.5. The van der Waals surface area contributed by atoms with Crippen LogP contribution < -0.4 is 5.73 Å². The summed E-state index contributed by atoms with van der Waals surface area (Å²) in [5, 5.41) is 15.4. The lowest BCUT2D eigenvalue weighted by Gasteiger charge is -2.71. The van der Waals surface area contributed by atoms with Gasteiger partial charge in [-0.2, -0.15) is 18.3 Å². The lowest BCUT2D eigenvalue weighted by molar-refractivity contribution is -0.256. The van der Waals surface area contributed by atoms with E-state index in [1.807, 2.05) is 20.8 Å². The summed E-state index contributed by atoms with van der Waals surface area (Å²) in [7, 11) is 0. The molecule has 1 aromatic rings. The number of halogens is 3. The number of nitrogens with two attached hydrogens (primary N) is 1. The predicted octanol–water partition coefficient (Wildman–Crippen LogP) is 8.79. The number of fused-ring (bicyclic) bond motifs is 3. The van der Waals surface area contributed by atoms with E-state index in [-0.39, 0.29) is 41.1 Å². The number of hydrogen-bond acceptors (Lipinski definition) is 5. The lowest BCUT2D eigenvalue weighted by Crippen LogP contribution is -2.70. The molecule has 1 aromatic heterocycles. The minimum Gasteiger partial charge on any atom is -0.481 e. The van der Waals surface area contributed by atoms with Gasteiger partial charge in [0.15, 0.2) is 0 Å². The van der Waals surface area contributed by atoms with E-state index < -0.39 is 57.7 Å². The molecular weight excluding hydrogens is 643 g/mol. The molecule has 2 heterocycles. The molecule has 12 atom stereocenters. The highest BCUT2D eigenvalue weighted by molar-refractivity contribution is 5.73. The first-order valence-electron chi connectivity index (χ1n) is 19.0. The molecule has 2 bridgehead atoms. The summed E-state index contributed by atoms with van der Waals surface area (Å²) in [5.41, 5.74) is 4.18. The maximum Gasteiger partial charge on any atom is 0.433 e. The molecule has 1 aliphatic heterocycles. The molecular formula is C40H62F3N3O4. The molecule has 0 radical (unpaired) electrons. The standard InChI is InChI=1S/C40H62F3N3O4/c1-23(2)25(5)35(7)16-17-36(8)26-11-12-29-34(6)19-28(46-30(14-18-45-46)40(41,42)43)32(50-21-38(10,44)24(3)4)39(29,22-49-20-34)27(26)13-15-37(36,9)31(35)33(47)48/h13-14,18,23-26,28-29,31-32H,11-12,15-17,19-22,44H2,1-10H3,(H,47,48)/t25-,26+,28-,29-,31-,32+,34-,35-,36-,37+,38+,39+/m1/s1. The number of carboxylic acid groups (broad SMARTS) is 1. The summed E-state index contributed by atoms with van der Waals surface area (Å²) in [6, 6.07) is 0.374. The summed E-state index contributed by atoms with van der Waals surface area (Å²) in [4.78, 5) is 13.5. The van der Waals surface area contributed by atoms with Crippen molar-refractivity contribution >= 4 is 5.97 Å². The van der Waals surface area contributed by atoms with Crippen LogP contribution in [-0.4, -0.2) is 52.3 Å². The molecule has 6 rings (SSSR count). The first-order chi connectivity index (χ1) is 23.0. The van der Waals surface area contributed by atoms with Crippen molar-refractivity contribution in [1.29, 1.82) is 0 Å². The van der Waals surface area contributed by atoms with Crippen molar-refractivity contribution in [2.45, 2.75) is 132 Å². The summed E-state index contributed by atoms with van der Waals surface area (Å²) in [6.07, 6.45) is 2.84. The molecule has 4 aliphatic carbocycles. The Kier molecular flexibility index (Phi) is 9.12. The van der Waals surface area contributed by atoms with Gasteiger partial charge in [-0.25, -0.2) is 0 Å². The zero-order valence-corrected chi connectivity index (χ0v) is 32.0. The van der Waals surface area contributed by atoms with Gasteiger partial charge in [0.1, 0.15) is 5.69 Å². The van der Waals surface area contributed by atoms with Crippen molar-refractivity contribution in [3.63, 3.8) is 0 Å². The summed E-state index contributed by atoms with van der Waals surface area (Å²) >= 11 is 0. The maximum absolute atomic E-state index is 14.6. The van der Waals surface area contributed by atoms with Crippen LogP contribution in [-0.2, 0) is 20.4 Å². The second-order valence-electron chi connectivity index (χ2n) is 19.2. The van der Waals surface area contributed by atoms with E-state index in [1.165, 1.54) is 16.5 Å². The number of aliphatic carboxylic acids is 1. The number of ether oxygens (including phenoxy) is 2. The largest absolute Gasteiger partial charge is 0.481 e. The number of carboxylic acids is 1. The number of hydrogen-bond donors (Lipinski definition) is 2. The summed E-state index contributed by atoms with van der Waals surface area (Å²) in [6.45, 7) is 22.5. The minimum atomic E-state index is -4.58. The van der Waals surface area contributed by atoms with E-state index in [0.717, 1.165) is 31.7 Å².